The van der Waals surface area contributed by atoms with Gasteiger partial charge in [-0.1, -0.05) is 30.7 Å². The van der Waals surface area contributed by atoms with Crippen molar-refractivity contribution >= 4 is 23.5 Å². The highest BCUT2D eigenvalue weighted by Crippen LogP contribution is 2.26. The lowest BCUT2D eigenvalue weighted by molar-refractivity contribution is 0.217. The molecule has 0 aliphatic heterocycles. The van der Waals surface area contributed by atoms with E-state index in [1.54, 1.807) is 36.5 Å². The van der Waals surface area contributed by atoms with E-state index in [-0.39, 0.29) is 11.9 Å². The van der Waals surface area contributed by atoms with Crippen molar-refractivity contribution in [1.29, 1.82) is 0 Å². The molecule has 0 amide bonds. The van der Waals surface area contributed by atoms with Crippen molar-refractivity contribution in [2.45, 2.75) is 26.4 Å². The maximum atomic E-state index is 13.5. The number of hydrogen-bond donors (Lipinski definition) is 0. The van der Waals surface area contributed by atoms with E-state index in [0.29, 0.717) is 16.5 Å². The summed E-state index contributed by atoms with van der Waals surface area (Å²) in [5, 5.41) is 0.521. The molecule has 0 aromatic heterocycles. The maximum absolute atomic E-state index is 13.5. The summed E-state index contributed by atoms with van der Waals surface area (Å²) in [7, 11) is 0. The van der Waals surface area contributed by atoms with Crippen LogP contribution in [0.3, 0.4) is 0 Å². The van der Waals surface area contributed by atoms with Gasteiger partial charge in [0.1, 0.15) is 11.6 Å². The first kappa shape index (κ1) is 15.5. The fourth-order valence-corrected chi connectivity index (χ4v) is 1.93. The smallest absolute Gasteiger partial charge is 0.148 e. The first-order chi connectivity index (χ1) is 10.1. The molecule has 0 saturated heterocycles. The van der Waals surface area contributed by atoms with Crippen molar-refractivity contribution in [3.63, 3.8) is 0 Å². The molecule has 1 atom stereocenters. The Kier molecular flexibility index (Phi) is 5.34. The zero-order valence-corrected chi connectivity index (χ0v) is 12.8. The number of nitrogens with zero attached hydrogens (tertiary/aromatic N) is 1. The Hall–Kier alpha value is -1.87. The van der Waals surface area contributed by atoms with Gasteiger partial charge in [-0.3, -0.25) is 4.99 Å². The van der Waals surface area contributed by atoms with Crippen LogP contribution < -0.4 is 4.74 Å². The van der Waals surface area contributed by atoms with Gasteiger partial charge in [0, 0.05) is 6.21 Å². The van der Waals surface area contributed by atoms with Crippen molar-refractivity contribution < 1.29 is 9.13 Å². The molecule has 2 nitrogen and oxygen atoms in total. The van der Waals surface area contributed by atoms with Crippen molar-refractivity contribution in [2.75, 3.05) is 0 Å². The van der Waals surface area contributed by atoms with E-state index in [9.17, 15) is 4.39 Å². The average molecular weight is 306 g/mol. The lowest BCUT2D eigenvalue weighted by Gasteiger charge is -2.13. The van der Waals surface area contributed by atoms with E-state index in [1.807, 2.05) is 19.9 Å². The Morgan fingerprint density at radius 2 is 2.05 bits per heavy atom. The average Bonchev–Trinajstić information content (AvgIpc) is 2.48. The zero-order valence-electron chi connectivity index (χ0n) is 12.0. The van der Waals surface area contributed by atoms with Crippen molar-refractivity contribution in [3.8, 4) is 5.75 Å². The molecule has 0 aliphatic carbocycles. The van der Waals surface area contributed by atoms with E-state index >= 15 is 0 Å². The van der Waals surface area contributed by atoms with Gasteiger partial charge in [-0.15, -0.1) is 0 Å². The molecule has 2 aromatic carbocycles. The molecule has 2 rings (SSSR count). The quantitative estimate of drug-likeness (QED) is 0.677. The van der Waals surface area contributed by atoms with Crippen LogP contribution in [0.15, 0.2) is 47.5 Å². The molecule has 0 radical (unpaired) electrons. The Morgan fingerprint density at radius 1 is 1.29 bits per heavy atom. The van der Waals surface area contributed by atoms with Gasteiger partial charge in [0.25, 0.3) is 0 Å². The first-order valence-corrected chi connectivity index (χ1v) is 7.22. The van der Waals surface area contributed by atoms with E-state index < -0.39 is 0 Å². The fourth-order valence-electron chi connectivity index (χ4n) is 1.69. The zero-order chi connectivity index (χ0) is 15.2. The summed E-state index contributed by atoms with van der Waals surface area (Å²) in [4.78, 5) is 4.12. The molecule has 0 fully saturated rings. The van der Waals surface area contributed by atoms with Crippen molar-refractivity contribution in [3.05, 3.63) is 58.9 Å². The van der Waals surface area contributed by atoms with Gasteiger partial charge in [-0.25, -0.2) is 4.39 Å². The molecule has 0 bridgehead atoms. The summed E-state index contributed by atoms with van der Waals surface area (Å²) in [5.74, 6) is 0.297. The van der Waals surface area contributed by atoms with Gasteiger partial charge in [-0.05, 0) is 49.2 Å². The summed E-state index contributed by atoms with van der Waals surface area (Å²) in [6.07, 6.45) is 2.60. The number of para-hydroxylation sites is 1. The Morgan fingerprint density at radius 3 is 2.71 bits per heavy atom. The largest absolute Gasteiger partial charge is 0.489 e. The van der Waals surface area contributed by atoms with Gasteiger partial charge in [0.2, 0.25) is 0 Å². The van der Waals surface area contributed by atoms with Crippen LogP contribution >= 0.6 is 11.6 Å². The predicted molar refractivity (Wildman–Crippen MR) is 85.5 cm³/mol. The molecule has 0 aliphatic rings. The highest BCUT2D eigenvalue weighted by molar-refractivity contribution is 6.32. The summed E-state index contributed by atoms with van der Waals surface area (Å²) in [5.41, 5.74) is 1.09. The molecule has 110 valence electrons. The number of hydrogen-bond acceptors (Lipinski definition) is 2. The molecule has 0 heterocycles. The molecular weight excluding hydrogens is 289 g/mol. The van der Waals surface area contributed by atoms with E-state index in [0.717, 1.165) is 12.0 Å². The highest BCUT2D eigenvalue weighted by Gasteiger charge is 2.06. The fraction of sp³-hybridized carbons (Fsp3) is 0.235. The third-order valence-electron chi connectivity index (χ3n) is 3.06. The van der Waals surface area contributed by atoms with Crippen LogP contribution in [0.25, 0.3) is 0 Å². The normalized spacial score (nSPS) is 12.6. The Balaban J connectivity index is 2.15. The number of benzene rings is 2. The van der Waals surface area contributed by atoms with Gasteiger partial charge < -0.3 is 4.74 Å². The predicted octanol–water partition coefficient (Wildman–Crippen LogP) is 5.41. The minimum atomic E-state index is -0.350. The molecule has 4 heteroatoms. The molecular formula is C17H17ClFNO. The molecule has 2 aromatic rings. The van der Waals surface area contributed by atoms with Crippen LogP contribution in [0.1, 0.15) is 25.8 Å². The highest BCUT2D eigenvalue weighted by atomic mass is 35.5. The standard InChI is InChI=1S/C17H17ClFNO/c1-3-12(2)21-17-9-8-13(10-14(17)18)11-20-16-7-5-4-6-15(16)19/h4-12H,3H2,1-2H3/t12-/m0/s1. The van der Waals surface area contributed by atoms with Crippen LogP contribution in [0.5, 0.6) is 5.75 Å². The number of ether oxygens (including phenoxy) is 1. The summed E-state index contributed by atoms with van der Waals surface area (Å²) in [6, 6.07) is 11.8. The molecule has 21 heavy (non-hydrogen) atoms. The van der Waals surface area contributed by atoms with E-state index in [4.69, 9.17) is 16.3 Å². The van der Waals surface area contributed by atoms with Crippen LogP contribution in [0, 0.1) is 5.82 Å². The van der Waals surface area contributed by atoms with Gasteiger partial charge >= 0.3 is 0 Å². The third-order valence-corrected chi connectivity index (χ3v) is 3.36. The SMILES string of the molecule is CC[C@H](C)Oc1ccc(C=Nc2ccccc2F)cc1Cl. The Labute approximate surface area is 129 Å². The maximum Gasteiger partial charge on any atom is 0.148 e. The second-order valence-electron chi connectivity index (χ2n) is 4.74. The number of rotatable bonds is 5. The number of aliphatic imine (C=N–C) groups is 1. The molecule has 0 saturated carbocycles. The van der Waals surface area contributed by atoms with Crippen molar-refractivity contribution in [1.82, 2.24) is 0 Å². The minimum absolute atomic E-state index is 0.112. The topological polar surface area (TPSA) is 21.6 Å². The van der Waals surface area contributed by atoms with Crippen molar-refractivity contribution in [2.24, 2.45) is 4.99 Å². The summed E-state index contributed by atoms with van der Waals surface area (Å²) in [6.45, 7) is 4.04. The van der Waals surface area contributed by atoms with Crippen LogP contribution in [-0.2, 0) is 0 Å². The summed E-state index contributed by atoms with van der Waals surface area (Å²) >= 11 is 6.18. The lowest BCUT2D eigenvalue weighted by Crippen LogP contribution is -2.09. The van der Waals surface area contributed by atoms with E-state index in [1.165, 1.54) is 6.07 Å². The summed E-state index contributed by atoms with van der Waals surface area (Å²) < 4.78 is 19.2. The lowest BCUT2D eigenvalue weighted by atomic mass is 10.2. The Bertz CT molecular complexity index is 642. The monoisotopic (exact) mass is 305 g/mol. The third kappa shape index (κ3) is 4.30. The minimum Gasteiger partial charge on any atom is -0.489 e. The molecule has 0 spiro atoms. The van der Waals surface area contributed by atoms with E-state index in [2.05, 4.69) is 4.99 Å². The second-order valence-corrected chi connectivity index (χ2v) is 5.14. The van der Waals surface area contributed by atoms with Crippen LogP contribution in [-0.4, -0.2) is 12.3 Å². The molecule has 0 unspecified atom stereocenters. The van der Waals surface area contributed by atoms with Crippen LogP contribution in [0.4, 0.5) is 10.1 Å². The van der Waals surface area contributed by atoms with Gasteiger partial charge in [-0.2, -0.15) is 0 Å². The molecule has 0 N–H and O–H groups in total. The van der Waals surface area contributed by atoms with Gasteiger partial charge in [0.05, 0.1) is 16.8 Å². The van der Waals surface area contributed by atoms with Gasteiger partial charge in [0.15, 0.2) is 0 Å². The first-order valence-electron chi connectivity index (χ1n) is 6.85. The van der Waals surface area contributed by atoms with Crippen LogP contribution in [0.2, 0.25) is 5.02 Å². The number of halogens is 2. The second kappa shape index (κ2) is 7.23.